The van der Waals surface area contributed by atoms with Gasteiger partial charge < -0.3 is 9.73 Å². The second-order valence-electron chi connectivity index (χ2n) is 3.37. The molecule has 1 N–H and O–H groups in total. The van der Waals surface area contributed by atoms with Crippen molar-refractivity contribution < 1.29 is 9.21 Å². The van der Waals surface area contributed by atoms with Crippen LogP contribution in [-0.2, 0) is 6.42 Å². The molecule has 1 aromatic carbocycles. The summed E-state index contributed by atoms with van der Waals surface area (Å²) in [6.45, 7) is 0.574. The zero-order valence-electron chi connectivity index (χ0n) is 8.77. The molecule has 0 aliphatic heterocycles. The van der Waals surface area contributed by atoms with E-state index >= 15 is 0 Å². The Kier molecular flexibility index (Phi) is 3.38. The minimum atomic E-state index is -0.0689. The predicted octanol–water partition coefficient (Wildman–Crippen LogP) is 2.05. The van der Waals surface area contributed by atoms with Crippen molar-refractivity contribution in [3.63, 3.8) is 0 Å². The smallest absolute Gasteiger partial charge is 0.251 e. The first-order valence-corrected chi connectivity index (χ1v) is 5.13. The van der Waals surface area contributed by atoms with Gasteiger partial charge in [0.15, 0.2) is 0 Å². The van der Waals surface area contributed by atoms with Crippen molar-refractivity contribution in [2.45, 2.75) is 6.42 Å². The van der Waals surface area contributed by atoms with Crippen LogP contribution in [0.5, 0.6) is 0 Å². The summed E-state index contributed by atoms with van der Waals surface area (Å²) in [5, 5.41) is 2.82. The van der Waals surface area contributed by atoms with Gasteiger partial charge in [0.1, 0.15) is 5.76 Å². The van der Waals surface area contributed by atoms with Crippen molar-refractivity contribution in [3.05, 3.63) is 60.1 Å². The molecule has 0 atom stereocenters. The first-order chi connectivity index (χ1) is 7.86. The largest absolute Gasteiger partial charge is 0.469 e. The molecule has 0 spiro atoms. The lowest BCUT2D eigenvalue weighted by Gasteiger charge is -2.03. The molecule has 1 heterocycles. The van der Waals surface area contributed by atoms with Gasteiger partial charge in [-0.25, -0.2) is 0 Å². The van der Waals surface area contributed by atoms with Crippen molar-refractivity contribution in [2.75, 3.05) is 6.54 Å². The van der Waals surface area contributed by atoms with E-state index in [2.05, 4.69) is 11.4 Å². The van der Waals surface area contributed by atoms with Crippen molar-refractivity contribution in [3.8, 4) is 0 Å². The first kappa shape index (κ1) is 10.5. The number of hydrogen-bond acceptors (Lipinski definition) is 2. The van der Waals surface area contributed by atoms with E-state index in [0.29, 0.717) is 18.5 Å². The van der Waals surface area contributed by atoms with E-state index in [9.17, 15) is 4.79 Å². The average molecular weight is 214 g/mol. The highest BCUT2D eigenvalue weighted by Gasteiger charge is 2.03. The molecular formula is C13H12NO2. The molecule has 1 aromatic heterocycles. The van der Waals surface area contributed by atoms with Gasteiger partial charge in [0.2, 0.25) is 0 Å². The second-order valence-corrected chi connectivity index (χ2v) is 3.37. The Balaban J connectivity index is 1.81. The van der Waals surface area contributed by atoms with E-state index in [4.69, 9.17) is 4.42 Å². The maximum Gasteiger partial charge on any atom is 0.251 e. The van der Waals surface area contributed by atoms with Gasteiger partial charge in [-0.3, -0.25) is 4.79 Å². The third-order valence-electron chi connectivity index (χ3n) is 2.22. The molecule has 1 radical (unpaired) electrons. The van der Waals surface area contributed by atoms with Crippen LogP contribution in [0.1, 0.15) is 16.1 Å². The van der Waals surface area contributed by atoms with Gasteiger partial charge in [-0.1, -0.05) is 12.1 Å². The molecule has 0 fully saturated rings. The number of hydrogen-bond donors (Lipinski definition) is 1. The molecule has 0 unspecified atom stereocenters. The van der Waals surface area contributed by atoms with Crippen LogP contribution in [-0.4, -0.2) is 12.5 Å². The Labute approximate surface area is 94.1 Å². The van der Waals surface area contributed by atoms with Gasteiger partial charge in [0, 0.05) is 18.5 Å². The summed E-state index contributed by atoms with van der Waals surface area (Å²) in [5.41, 5.74) is 0.651. The number of amides is 1. The predicted molar refractivity (Wildman–Crippen MR) is 60.0 cm³/mol. The fourth-order valence-corrected chi connectivity index (χ4v) is 1.39. The Bertz CT molecular complexity index is 434. The van der Waals surface area contributed by atoms with Crippen LogP contribution in [0.4, 0.5) is 0 Å². The van der Waals surface area contributed by atoms with Crippen LogP contribution in [0.15, 0.2) is 47.1 Å². The lowest BCUT2D eigenvalue weighted by Crippen LogP contribution is -2.25. The summed E-state index contributed by atoms with van der Waals surface area (Å²) < 4.78 is 5.16. The Hall–Kier alpha value is -2.03. The molecule has 3 heteroatoms. The molecule has 0 saturated heterocycles. The summed E-state index contributed by atoms with van der Waals surface area (Å²) in [5.74, 6) is 0.808. The fourth-order valence-electron chi connectivity index (χ4n) is 1.39. The highest BCUT2D eigenvalue weighted by atomic mass is 16.3. The van der Waals surface area contributed by atoms with E-state index < -0.39 is 0 Å². The van der Waals surface area contributed by atoms with E-state index in [1.807, 2.05) is 12.1 Å². The number of carbonyl (C=O) groups excluding carboxylic acids is 1. The van der Waals surface area contributed by atoms with Crippen LogP contribution in [0, 0.1) is 6.07 Å². The molecule has 1 amide bonds. The maximum atomic E-state index is 11.6. The molecule has 0 saturated carbocycles. The quantitative estimate of drug-likeness (QED) is 0.846. The summed E-state index contributed by atoms with van der Waals surface area (Å²) in [6.07, 6.45) is 2.34. The zero-order chi connectivity index (χ0) is 11.2. The topological polar surface area (TPSA) is 42.2 Å². The van der Waals surface area contributed by atoms with Gasteiger partial charge in [-0.05, 0) is 30.3 Å². The standard InChI is InChI=1S/C13H12NO2/c15-13(11-5-2-1-3-6-11)14-9-8-12-7-4-10-16-12/h2-7,10H,8-9H2,(H,14,15). The van der Waals surface area contributed by atoms with Crippen LogP contribution >= 0.6 is 0 Å². The zero-order valence-corrected chi connectivity index (χ0v) is 8.77. The van der Waals surface area contributed by atoms with Crippen LogP contribution in [0.25, 0.3) is 0 Å². The maximum absolute atomic E-state index is 11.6. The van der Waals surface area contributed by atoms with Crippen LogP contribution in [0.3, 0.4) is 0 Å². The molecule has 2 aromatic rings. The van der Waals surface area contributed by atoms with Crippen molar-refractivity contribution >= 4 is 5.91 Å². The van der Waals surface area contributed by atoms with Gasteiger partial charge >= 0.3 is 0 Å². The Morgan fingerprint density at radius 1 is 1.31 bits per heavy atom. The number of furan rings is 1. The number of benzene rings is 1. The number of rotatable bonds is 4. The van der Waals surface area contributed by atoms with Crippen LogP contribution < -0.4 is 5.32 Å². The first-order valence-electron chi connectivity index (χ1n) is 5.13. The molecule has 16 heavy (non-hydrogen) atoms. The third-order valence-corrected chi connectivity index (χ3v) is 2.22. The minimum Gasteiger partial charge on any atom is -0.469 e. The summed E-state index contributed by atoms with van der Waals surface area (Å²) in [4.78, 5) is 11.6. The normalized spacial score (nSPS) is 10.0. The van der Waals surface area contributed by atoms with Crippen molar-refractivity contribution in [1.29, 1.82) is 0 Å². The van der Waals surface area contributed by atoms with Gasteiger partial charge in [-0.15, -0.1) is 0 Å². The van der Waals surface area contributed by atoms with Gasteiger partial charge in [-0.2, -0.15) is 0 Å². The van der Waals surface area contributed by atoms with Crippen molar-refractivity contribution in [2.24, 2.45) is 0 Å². The molecule has 0 bridgehead atoms. The lowest BCUT2D eigenvalue weighted by atomic mass is 10.2. The molecule has 2 rings (SSSR count). The molecular weight excluding hydrogens is 202 g/mol. The van der Waals surface area contributed by atoms with Crippen molar-refractivity contribution in [1.82, 2.24) is 5.32 Å². The fraction of sp³-hybridized carbons (Fsp3) is 0.154. The SMILES string of the molecule is O=C(NCCc1ccco1)c1cc[c]cc1. The summed E-state index contributed by atoms with van der Waals surface area (Å²) in [7, 11) is 0. The summed E-state index contributed by atoms with van der Waals surface area (Å²) in [6, 6.07) is 13.5. The van der Waals surface area contributed by atoms with E-state index in [1.165, 1.54) is 0 Å². The monoisotopic (exact) mass is 214 g/mol. The number of carbonyl (C=O) groups is 1. The van der Waals surface area contributed by atoms with E-state index in [1.54, 1.807) is 30.5 Å². The highest BCUT2D eigenvalue weighted by molar-refractivity contribution is 5.94. The molecule has 3 nitrogen and oxygen atoms in total. The number of nitrogens with one attached hydrogen (secondary N) is 1. The van der Waals surface area contributed by atoms with E-state index in [-0.39, 0.29) is 5.91 Å². The second kappa shape index (κ2) is 5.16. The summed E-state index contributed by atoms with van der Waals surface area (Å²) >= 11 is 0. The van der Waals surface area contributed by atoms with Gasteiger partial charge in [0.25, 0.3) is 5.91 Å². The minimum absolute atomic E-state index is 0.0689. The highest BCUT2D eigenvalue weighted by Crippen LogP contribution is 2.01. The van der Waals surface area contributed by atoms with E-state index in [0.717, 1.165) is 5.76 Å². The average Bonchev–Trinajstić information content (AvgIpc) is 2.83. The molecule has 81 valence electrons. The molecule has 0 aliphatic carbocycles. The molecule has 0 aliphatic rings. The Morgan fingerprint density at radius 2 is 2.12 bits per heavy atom. The van der Waals surface area contributed by atoms with Crippen LogP contribution in [0.2, 0.25) is 0 Å². The lowest BCUT2D eigenvalue weighted by molar-refractivity contribution is 0.0953. The van der Waals surface area contributed by atoms with Gasteiger partial charge in [0.05, 0.1) is 6.26 Å². The third kappa shape index (κ3) is 2.73. The Morgan fingerprint density at radius 3 is 2.81 bits per heavy atom.